The molecule has 0 radical (unpaired) electrons. The van der Waals surface area contributed by atoms with Crippen LogP contribution in [0.5, 0.6) is 0 Å². The van der Waals surface area contributed by atoms with Crippen molar-refractivity contribution in [1.29, 1.82) is 0 Å². The monoisotopic (exact) mass is 335 g/mol. The van der Waals surface area contributed by atoms with Gasteiger partial charge in [0, 0.05) is 16.4 Å². The Kier molecular flexibility index (Phi) is 5.11. The van der Waals surface area contributed by atoms with Gasteiger partial charge in [0.15, 0.2) is 0 Å². The highest BCUT2D eigenvalue weighted by Crippen LogP contribution is 2.25. The molecule has 0 aliphatic rings. The Bertz CT molecular complexity index is 469. The van der Waals surface area contributed by atoms with Crippen molar-refractivity contribution < 1.29 is 14.0 Å². The summed E-state index contributed by atoms with van der Waals surface area (Å²) in [6.45, 7) is 3.84. The van der Waals surface area contributed by atoms with Crippen LogP contribution >= 0.6 is 15.9 Å². The standard InChI is InChI=1S/C12H16BrF2N3O/c1-12(2,11(16)18-19)3-4-17-10-8(14)5-7(13)6-9(10)15/h5-6,17,19H,3-4H2,1-2H3,(H2,16,18). The molecule has 0 unspecified atom stereocenters. The van der Waals surface area contributed by atoms with Crippen molar-refractivity contribution in [2.45, 2.75) is 20.3 Å². The lowest BCUT2D eigenvalue weighted by atomic mass is 9.88. The van der Waals surface area contributed by atoms with Gasteiger partial charge >= 0.3 is 0 Å². The van der Waals surface area contributed by atoms with E-state index in [0.29, 0.717) is 17.4 Å². The largest absolute Gasteiger partial charge is 0.409 e. The molecule has 19 heavy (non-hydrogen) atoms. The minimum atomic E-state index is -0.673. The van der Waals surface area contributed by atoms with Gasteiger partial charge in [-0.05, 0) is 18.6 Å². The van der Waals surface area contributed by atoms with Crippen LogP contribution in [-0.4, -0.2) is 17.6 Å². The molecule has 4 nitrogen and oxygen atoms in total. The second kappa shape index (κ2) is 6.18. The number of oxime groups is 1. The minimum absolute atomic E-state index is 0.0750. The third-order valence-corrected chi connectivity index (χ3v) is 3.32. The first-order valence-electron chi connectivity index (χ1n) is 5.64. The topological polar surface area (TPSA) is 70.6 Å². The molecule has 106 valence electrons. The van der Waals surface area contributed by atoms with Crippen LogP contribution in [0.4, 0.5) is 14.5 Å². The van der Waals surface area contributed by atoms with Gasteiger partial charge in [0.1, 0.15) is 23.2 Å². The molecular formula is C12H16BrF2N3O. The number of rotatable bonds is 5. The van der Waals surface area contributed by atoms with E-state index in [-0.39, 0.29) is 11.5 Å². The van der Waals surface area contributed by atoms with Gasteiger partial charge in [0.2, 0.25) is 0 Å². The Labute approximate surface area is 118 Å². The van der Waals surface area contributed by atoms with Crippen molar-refractivity contribution in [3.05, 3.63) is 28.2 Å². The lowest BCUT2D eigenvalue weighted by molar-refractivity contribution is 0.306. The van der Waals surface area contributed by atoms with E-state index in [9.17, 15) is 8.78 Å². The summed E-state index contributed by atoms with van der Waals surface area (Å²) in [5.41, 5.74) is 4.78. The Hall–Kier alpha value is -1.37. The number of benzene rings is 1. The Morgan fingerprint density at radius 3 is 2.42 bits per heavy atom. The fraction of sp³-hybridized carbons (Fsp3) is 0.417. The molecule has 0 saturated carbocycles. The first kappa shape index (κ1) is 15.7. The molecular weight excluding hydrogens is 320 g/mol. The highest BCUT2D eigenvalue weighted by Gasteiger charge is 2.23. The van der Waals surface area contributed by atoms with E-state index in [4.69, 9.17) is 10.9 Å². The van der Waals surface area contributed by atoms with Gasteiger partial charge in [0.05, 0.1) is 0 Å². The first-order valence-corrected chi connectivity index (χ1v) is 6.43. The second-order valence-electron chi connectivity index (χ2n) is 4.79. The molecule has 0 spiro atoms. The fourth-order valence-electron chi connectivity index (χ4n) is 1.47. The molecule has 7 heteroatoms. The van der Waals surface area contributed by atoms with Crippen LogP contribution in [-0.2, 0) is 0 Å². The molecule has 0 fully saturated rings. The summed E-state index contributed by atoms with van der Waals surface area (Å²) in [5, 5.41) is 14.2. The van der Waals surface area contributed by atoms with Gasteiger partial charge in [-0.3, -0.25) is 0 Å². The molecule has 4 N–H and O–H groups in total. The number of amidine groups is 1. The summed E-state index contributed by atoms with van der Waals surface area (Å²) in [7, 11) is 0. The average Bonchev–Trinajstić information content (AvgIpc) is 2.31. The summed E-state index contributed by atoms with van der Waals surface area (Å²) >= 11 is 3.01. The number of nitrogens with two attached hydrogens (primary N) is 1. The molecule has 0 amide bonds. The van der Waals surface area contributed by atoms with Crippen LogP contribution in [0.3, 0.4) is 0 Å². The molecule has 1 rings (SSSR count). The van der Waals surface area contributed by atoms with E-state index in [1.54, 1.807) is 13.8 Å². The quantitative estimate of drug-likeness (QED) is 0.334. The van der Waals surface area contributed by atoms with Gasteiger partial charge in [-0.1, -0.05) is 34.9 Å². The number of hydrogen-bond acceptors (Lipinski definition) is 3. The van der Waals surface area contributed by atoms with Crippen molar-refractivity contribution in [2.75, 3.05) is 11.9 Å². The molecule has 1 aromatic rings. The Balaban J connectivity index is 2.69. The normalized spacial score (nSPS) is 12.6. The number of halogens is 3. The zero-order valence-corrected chi connectivity index (χ0v) is 12.3. The molecule has 0 aliphatic heterocycles. The molecule has 0 saturated heterocycles. The smallest absolute Gasteiger partial charge is 0.150 e. The van der Waals surface area contributed by atoms with Gasteiger partial charge in [-0.2, -0.15) is 0 Å². The van der Waals surface area contributed by atoms with Gasteiger partial charge in [-0.15, -0.1) is 0 Å². The molecule has 1 aromatic carbocycles. The molecule has 0 heterocycles. The van der Waals surface area contributed by atoms with E-state index < -0.39 is 17.0 Å². The van der Waals surface area contributed by atoms with E-state index in [2.05, 4.69) is 26.4 Å². The number of nitrogens with one attached hydrogen (secondary N) is 1. The minimum Gasteiger partial charge on any atom is -0.409 e. The Morgan fingerprint density at radius 1 is 1.42 bits per heavy atom. The van der Waals surface area contributed by atoms with Crippen molar-refractivity contribution in [2.24, 2.45) is 16.3 Å². The maximum atomic E-state index is 13.5. The number of nitrogens with zero attached hydrogens (tertiary/aromatic N) is 1. The summed E-state index contributed by atoms with van der Waals surface area (Å²) in [5.74, 6) is -1.27. The lowest BCUT2D eigenvalue weighted by Gasteiger charge is -2.23. The van der Waals surface area contributed by atoms with E-state index >= 15 is 0 Å². The van der Waals surface area contributed by atoms with Crippen LogP contribution in [0, 0.1) is 17.0 Å². The van der Waals surface area contributed by atoms with Crippen LogP contribution in [0.15, 0.2) is 21.8 Å². The van der Waals surface area contributed by atoms with Crippen molar-refractivity contribution in [3.63, 3.8) is 0 Å². The van der Waals surface area contributed by atoms with Crippen molar-refractivity contribution >= 4 is 27.5 Å². The van der Waals surface area contributed by atoms with Gasteiger partial charge < -0.3 is 16.3 Å². The van der Waals surface area contributed by atoms with Crippen LogP contribution in [0.1, 0.15) is 20.3 Å². The highest BCUT2D eigenvalue weighted by molar-refractivity contribution is 9.10. The zero-order valence-electron chi connectivity index (χ0n) is 10.7. The lowest BCUT2D eigenvalue weighted by Crippen LogP contribution is -2.33. The van der Waals surface area contributed by atoms with Crippen LogP contribution in [0.2, 0.25) is 0 Å². The second-order valence-corrected chi connectivity index (χ2v) is 5.71. The predicted octanol–water partition coefficient (Wildman–Crippen LogP) is 3.30. The third-order valence-electron chi connectivity index (χ3n) is 2.86. The summed E-state index contributed by atoms with van der Waals surface area (Å²) < 4.78 is 27.4. The average molecular weight is 336 g/mol. The van der Waals surface area contributed by atoms with Crippen LogP contribution < -0.4 is 11.1 Å². The zero-order chi connectivity index (χ0) is 14.6. The van der Waals surface area contributed by atoms with E-state index in [0.717, 1.165) is 0 Å². The number of anilines is 1. The molecule has 0 atom stereocenters. The van der Waals surface area contributed by atoms with E-state index in [1.165, 1.54) is 12.1 Å². The number of hydrogen-bond donors (Lipinski definition) is 3. The highest BCUT2D eigenvalue weighted by atomic mass is 79.9. The van der Waals surface area contributed by atoms with Crippen molar-refractivity contribution in [3.8, 4) is 0 Å². The maximum absolute atomic E-state index is 13.5. The summed E-state index contributed by atoms with van der Waals surface area (Å²) in [6.07, 6.45) is 0.456. The summed E-state index contributed by atoms with van der Waals surface area (Å²) in [6, 6.07) is 2.36. The molecule has 0 bridgehead atoms. The van der Waals surface area contributed by atoms with Crippen molar-refractivity contribution in [1.82, 2.24) is 0 Å². The summed E-state index contributed by atoms with van der Waals surface area (Å²) in [4.78, 5) is 0. The SMILES string of the molecule is CC(C)(CCNc1c(F)cc(Br)cc1F)C(N)=NO. The molecule has 0 aromatic heterocycles. The van der Waals surface area contributed by atoms with Crippen LogP contribution in [0.25, 0.3) is 0 Å². The molecule has 0 aliphatic carbocycles. The fourth-order valence-corrected chi connectivity index (χ4v) is 1.88. The first-order chi connectivity index (χ1) is 8.77. The van der Waals surface area contributed by atoms with Gasteiger partial charge in [-0.25, -0.2) is 8.78 Å². The maximum Gasteiger partial charge on any atom is 0.150 e. The van der Waals surface area contributed by atoms with Gasteiger partial charge in [0.25, 0.3) is 0 Å². The Morgan fingerprint density at radius 2 is 1.95 bits per heavy atom. The van der Waals surface area contributed by atoms with E-state index in [1.807, 2.05) is 0 Å². The third kappa shape index (κ3) is 4.05. The predicted molar refractivity (Wildman–Crippen MR) is 74.4 cm³/mol.